The number of aliphatic carboxylic acids is 1. The number of alkyl halides is 6. The van der Waals surface area contributed by atoms with Crippen LogP contribution in [0.3, 0.4) is 0 Å². The fourth-order valence-electron chi connectivity index (χ4n) is 1.01. The Morgan fingerprint density at radius 2 is 1.38 bits per heavy atom. The van der Waals surface area contributed by atoms with Crippen LogP contribution in [0, 0.1) is 0 Å². The predicted octanol–water partition coefficient (Wildman–Crippen LogP) is 2.37. The third-order valence-corrected chi connectivity index (χ3v) is 1.90. The lowest BCUT2D eigenvalue weighted by Crippen LogP contribution is -2.21. The minimum absolute atomic E-state index is 0.0435. The molecular weight excluding hydrogens is 308 g/mol. The van der Waals surface area contributed by atoms with E-state index in [4.69, 9.17) is 15.6 Å². The first-order valence-electron chi connectivity index (χ1n) is 5.08. The van der Waals surface area contributed by atoms with Crippen molar-refractivity contribution in [1.82, 2.24) is 0 Å². The topological polar surface area (TPSA) is 80.4 Å². The second kappa shape index (κ2) is 6.95. The number of primary amides is 1. The Hall–Kier alpha value is -2.26. The van der Waals surface area contributed by atoms with E-state index in [9.17, 15) is 31.1 Å². The van der Waals surface area contributed by atoms with Crippen molar-refractivity contribution < 1.29 is 41.0 Å². The van der Waals surface area contributed by atoms with Gasteiger partial charge < -0.3 is 10.8 Å². The van der Waals surface area contributed by atoms with E-state index in [0.717, 1.165) is 12.1 Å². The van der Waals surface area contributed by atoms with Crippen LogP contribution >= 0.6 is 0 Å². The number of hydrogen-bond acceptors (Lipinski definition) is 2. The van der Waals surface area contributed by atoms with Gasteiger partial charge in [0.25, 0.3) is 0 Å². The van der Waals surface area contributed by atoms with Gasteiger partial charge in [-0.3, -0.25) is 4.79 Å². The van der Waals surface area contributed by atoms with Gasteiger partial charge in [-0.2, -0.15) is 26.3 Å². The average Bonchev–Trinajstić information content (AvgIpc) is 2.27. The van der Waals surface area contributed by atoms with E-state index in [1.54, 1.807) is 0 Å². The summed E-state index contributed by atoms with van der Waals surface area (Å²) in [5.41, 5.74) is 4.63. The molecular formula is C11H9F6NO3. The number of carbonyl (C=O) groups is 2. The highest BCUT2D eigenvalue weighted by Gasteiger charge is 2.38. The van der Waals surface area contributed by atoms with Crippen LogP contribution in [0.1, 0.15) is 11.1 Å². The molecule has 0 aliphatic carbocycles. The summed E-state index contributed by atoms with van der Waals surface area (Å²) in [5, 5.41) is 7.12. The summed E-state index contributed by atoms with van der Waals surface area (Å²) in [4.78, 5) is 19.3. The minimum atomic E-state index is -5.08. The highest BCUT2D eigenvalue weighted by atomic mass is 19.4. The number of carbonyl (C=O) groups excluding carboxylic acids is 1. The standard InChI is InChI=1S/C9H8F3NO.C2HF3O2/c10-9(11,12)7-3-1-6(2-4-7)5-8(13)14;3-2(4,5)1(6)7/h1-4H,5H2,(H2,13,14);(H,6,7). The molecule has 4 nitrogen and oxygen atoms in total. The van der Waals surface area contributed by atoms with Crippen molar-refractivity contribution in [1.29, 1.82) is 0 Å². The van der Waals surface area contributed by atoms with Gasteiger partial charge in [-0.15, -0.1) is 0 Å². The summed E-state index contributed by atoms with van der Waals surface area (Å²) in [5.74, 6) is -3.32. The first kappa shape index (κ1) is 18.7. The van der Waals surface area contributed by atoms with Crippen LogP contribution in [0.15, 0.2) is 24.3 Å². The Morgan fingerprint density at radius 1 is 1.00 bits per heavy atom. The number of halogens is 6. The van der Waals surface area contributed by atoms with E-state index in [1.165, 1.54) is 12.1 Å². The number of hydrogen-bond donors (Lipinski definition) is 2. The molecule has 1 amide bonds. The second-order valence-corrected chi connectivity index (χ2v) is 3.64. The molecule has 0 fully saturated rings. The molecule has 0 aliphatic heterocycles. The SMILES string of the molecule is NC(=O)Cc1ccc(C(F)(F)F)cc1.O=C(O)C(F)(F)F. The molecule has 0 radical (unpaired) electrons. The molecule has 21 heavy (non-hydrogen) atoms. The monoisotopic (exact) mass is 317 g/mol. The van der Waals surface area contributed by atoms with Gasteiger partial charge >= 0.3 is 18.3 Å². The summed E-state index contributed by atoms with van der Waals surface area (Å²) in [7, 11) is 0. The van der Waals surface area contributed by atoms with Gasteiger partial charge in [0, 0.05) is 0 Å². The number of carboxylic acids is 1. The zero-order valence-electron chi connectivity index (χ0n) is 10.1. The quantitative estimate of drug-likeness (QED) is 0.822. The van der Waals surface area contributed by atoms with Gasteiger partial charge in [-0.1, -0.05) is 12.1 Å². The van der Waals surface area contributed by atoms with E-state index < -0.39 is 29.8 Å². The maximum Gasteiger partial charge on any atom is 0.490 e. The van der Waals surface area contributed by atoms with Crippen LogP contribution in [0.2, 0.25) is 0 Å². The summed E-state index contributed by atoms with van der Waals surface area (Å²) in [6.45, 7) is 0. The molecule has 0 bridgehead atoms. The number of carboxylic acid groups (broad SMARTS) is 1. The molecule has 0 saturated heterocycles. The summed E-state index contributed by atoms with van der Waals surface area (Å²) >= 11 is 0. The summed E-state index contributed by atoms with van der Waals surface area (Å²) < 4.78 is 68.0. The number of benzene rings is 1. The van der Waals surface area contributed by atoms with E-state index in [2.05, 4.69) is 0 Å². The van der Waals surface area contributed by atoms with E-state index in [0.29, 0.717) is 5.56 Å². The van der Waals surface area contributed by atoms with Gasteiger partial charge in [0.2, 0.25) is 5.91 Å². The number of amides is 1. The molecule has 0 spiro atoms. The Balaban J connectivity index is 0.000000486. The average molecular weight is 317 g/mol. The van der Waals surface area contributed by atoms with Crippen LogP contribution in [0.25, 0.3) is 0 Å². The number of rotatable bonds is 2. The van der Waals surface area contributed by atoms with Crippen LogP contribution in [0.4, 0.5) is 26.3 Å². The maximum absolute atomic E-state index is 12.1. The van der Waals surface area contributed by atoms with Crippen molar-refractivity contribution >= 4 is 11.9 Å². The van der Waals surface area contributed by atoms with Crippen LogP contribution in [0.5, 0.6) is 0 Å². The number of nitrogens with two attached hydrogens (primary N) is 1. The van der Waals surface area contributed by atoms with E-state index >= 15 is 0 Å². The first-order valence-corrected chi connectivity index (χ1v) is 5.08. The third kappa shape index (κ3) is 7.80. The first-order chi connectivity index (χ1) is 9.34. The molecule has 1 aromatic carbocycles. The normalized spacial score (nSPS) is 11.3. The maximum atomic E-state index is 12.1. The molecule has 1 rings (SSSR count). The molecule has 0 saturated carbocycles. The Kier molecular flexibility index (Phi) is 6.20. The fourth-order valence-corrected chi connectivity index (χ4v) is 1.01. The molecule has 118 valence electrons. The fraction of sp³-hybridized carbons (Fsp3) is 0.273. The second-order valence-electron chi connectivity index (χ2n) is 3.64. The molecule has 0 atom stereocenters. The van der Waals surface area contributed by atoms with Crippen molar-refractivity contribution in [3.05, 3.63) is 35.4 Å². The molecule has 0 unspecified atom stereocenters. The predicted molar refractivity (Wildman–Crippen MR) is 58.0 cm³/mol. The highest BCUT2D eigenvalue weighted by Crippen LogP contribution is 2.29. The third-order valence-electron chi connectivity index (χ3n) is 1.90. The Bertz CT molecular complexity index is 492. The van der Waals surface area contributed by atoms with Crippen molar-refractivity contribution in [3.8, 4) is 0 Å². The van der Waals surface area contributed by atoms with Gasteiger partial charge in [0.05, 0.1) is 12.0 Å². The molecule has 0 aliphatic rings. The van der Waals surface area contributed by atoms with Crippen LogP contribution < -0.4 is 5.73 Å². The molecule has 3 N–H and O–H groups in total. The lowest BCUT2D eigenvalue weighted by molar-refractivity contribution is -0.192. The Morgan fingerprint density at radius 3 is 1.62 bits per heavy atom. The molecule has 0 aromatic heterocycles. The highest BCUT2D eigenvalue weighted by molar-refractivity contribution is 5.76. The van der Waals surface area contributed by atoms with Crippen molar-refractivity contribution in [2.24, 2.45) is 5.73 Å². The molecule has 1 aromatic rings. The van der Waals surface area contributed by atoms with Crippen molar-refractivity contribution in [2.45, 2.75) is 18.8 Å². The van der Waals surface area contributed by atoms with Crippen molar-refractivity contribution in [2.75, 3.05) is 0 Å². The van der Waals surface area contributed by atoms with Crippen LogP contribution in [-0.4, -0.2) is 23.2 Å². The minimum Gasteiger partial charge on any atom is -0.475 e. The van der Waals surface area contributed by atoms with Gasteiger partial charge in [0.1, 0.15) is 0 Å². The van der Waals surface area contributed by atoms with E-state index in [-0.39, 0.29) is 6.42 Å². The smallest absolute Gasteiger partial charge is 0.475 e. The van der Waals surface area contributed by atoms with Gasteiger partial charge in [-0.25, -0.2) is 4.79 Å². The molecule has 10 heteroatoms. The summed E-state index contributed by atoms with van der Waals surface area (Å²) in [6.07, 6.45) is -9.47. The van der Waals surface area contributed by atoms with Crippen LogP contribution in [-0.2, 0) is 22.2 Å². The Labute approximate surface area is 114 Å². The zero-order valence-corrected chi connectivity index (χ0v) is 10.1. The van der Waals surface area contributed by atoms with Gasteiger partial charge in [-0.05, 0) is 17.7 Å². The zero-order chi connectivity index (χ0) is 16.8. The largest absolute Gasteiger partial charge is 0.490 e. The van der Waals surface area contributed by atoms with Crippen molar-refractivity contribution in [3.63, 3.8) is 0 Å². The van der Waals surface area contributed by atoms with Gasteiger partial charge in [0.15, 0.2) is 0 Å². The van der Waals surface area contributed by atoms with E-state index in [1.807, 2.05) is 0 Å². The lowest BCUT2D eigenvalue weighted by Gasteiger charge is -2.06. The lowest BCUT2D eigenvalue weighted by atomic mass is 10.1. The molecule has 0 heterocycles. The summed E-state index contributed by atoms with van der Waals surface area (Å²) in [6, 6.07) is 4.34.